The van der Waals surface area contributed by atoms with Crippen molar-refractivity contribution in [3.05, 3.63) is 0 Å². The van der Waals surface area contributed by atoms with Crippen LogP contribution in [0.5, 0.6) is 0 Å². The van der Waals surface area contributed by atoms with Crippen molar-refractivity contribution < 1.29 is 37.0 Å². The molecule has 0 amide bonds. The molecule has 0 spiro atoms. The summed E-state index contributed by atoms with van der Waals surface area (Å²) in [7, 11) is 1.29. The molecule has 0 bridgehead atoms. The Balaban J connectivity index is 0.000000251. The molecule has 0 aromatic rings. The minimum absolute atomic E-state index is 0.118. The van der Waals surface area contributed by atoms with Crippen molar-refractivity contribution in [3.63, 3.8) is 0 Å². The van der Waals surface area contributed by atoms with Gasteiger partial charge in [-0.15, -0.1) is 0 Å². The zero-order valence-electron chi connectivity index (χ0n) is 14.1. The highest BCUT2D eigenvalue weighted by atomic mass is 19.3. The number of aliphatic carboxylic acids is 1. The fraction of sp³-hybridized carbons (Fsp3) is 0.867. The molecular formula is C15H24F4N2O4. The number of carboxylic acid groups (broad SMARTS) is 1. The first-order valence-electron chi connectivity index (χ1n) is 8.02. The van der Waals surface area contributed by atoms with Crippen LogP contribution >= 0.6 is 0 Å². The largest absolute Gasteiger partial charge is 0.480 e. The summed E-state index contributed by atoms with van der Waals surface area (Å²) in [5.41, 5.74) is 0. The highest BCUT2D eigenvalue weighted by Gasteiger charge is 2.35. The van der Waals surface area contributed by atoms with E-state index < -0.39 is 17.8 Å². The van der Waals surface area contributed by atoms with Gasteiger partial charge in [0.05, 0.1) is 20.2 Å². The molecule has 25 heavy (non-hydrogen) atoms. The molecular weight excluding hydrogens is 348 g/mol. The molecule has 10 heteroatoms. The molecule has 2 aliphatic heterocycles. The highest BCUT2D eigenvalue weighted by molar-refractivity contribution is 5.71. The summed E-state index contributed by atoms with van der Waals surface area (Å²) in [4.78, 5) is 24.2. The number of hydrogen-bond donors (Lipinski definition) is 1. The van der Waals surface area contributed by atoms with Gasteiger partial charge in [-0.2, -0.15) is 0 Å². The van der Waals surface area contributed by atoms with E-state index in [2.05, 4.69) is 4.74 Å². The fourth-order valence-corrected chi connectivity index (χ4v) is 2.51. The summed E-state index contributed by atoms with van der Waals surface area (Å²) in [6, 6.07) is 0. The monoisotopic (exact) mass is 372 g/mol. The zero-order valence-corrected chi connectivity index (χ0v) is 14.1. The number of likely N-dealkylation sites (tertiary alicyclic amines) is 2. The summed E-state index contributed by atoms with van der Waals surface area (Å²) in [6.45, 7) is 0.880. The van der Waals surface area contributed by atoms with Crippen LogP contribution in [0.3, 0.4) is 0 Å². The van der Waals surface area contributed by atoms with Crippen LogP contribution in [0, 0.1) is 0 Å². The van der Waals surface area contributed by atoms with E-state index in [-0.39, 0.29) is 70.9 Å². The molecule has 2 heterocycles. The minimum atomic E-state index is -2.59. The highest BCUT2D eigenvalue weighted by Crippen LogP contribution is 2.28. The van der Waals surface area contributed by atoms with Gasteiger partial charge in [-0.1, -0.05) is 0 Å². The molecule has 0 aromatic heterocycles. The first-order valence-corrected chi connectivity index (χ1v) is 8.02. The van der Waals surface area contributed by atoms with Gasteiger partial charge in [0.15, 0.2) is 0 Å². The lowest BCUT2D eigenvalue weighted by molar-refractivity contribution is -0.143. The van der Waals surface area contributed by atoms with Gasteiger partial charge in [-0.25, -0.2) is 17.6 Å². The number of piperidine rings is 2. The molecule has 1 N–H and O–H groups in total. The van der Waals surface area contributed by atoms with Crippen LogP contribution in [0.2, 0.25) is 0 Å². The maximum atomic E-state index is 12.7. The molecule has 6 nitrogen and oxygen atoms in total. The fourth-order valence-electron chi connectivity index (χ4n) is 2.51. The number of methoxy groups -OCH3 is 1. The van der Waals surface area contributed by atoms with Crippen molar-refractivity contribution >= 4 is 11.9 Å². The van der Waals surface area contributed by atoms with Crippen LogP contribution in [-0.4, -0.2) is 85.1 Å². The number of hydrogen-bond acceptors (Lipinski definition) is 5. The standard InChI is InChI=1S/C8H13F2NO2.C7H11F2NO2/c1-13-7(12)6-11-4-2-8(9,10)3-5-11;8-7(9)1-3-10(4-2-7)5-6(11)12/h2-6H2,1H3;1-5H2,(H,11,12). The van der Waals surface area contributed by atoms with Gasteiger partial charge in [-0.3, -0.25) is 19.4 Å². The second-order valence-electron chi connectivity index (χ2n) is 6.23. The average Bonchev–Trinajstić information content (AvgIpc) is 2.52. The van der Waals surface area contributed by atoms with Crippen LogP contribution < -0.4 is 0 Å². The molecule has 2 saturated heterocycles. The van der Waals surface area contributed by atoms with Crippen molar-refractivity contribution in [1.82, 2.24) is 9.80 Å². The Hall–Kier alpha value is -1.42. The molecule has 0 radical (unpaired) electrons. The summed E-state index contributed by atoms with van der Waals surface area (Å²) in [5, 5.41) is 8.37. The minimum Gasteiger partial charge on any atom is -0.480 e. The van der Waals surface area contributed by atoms with Gasteiger partial charge in [0, 0.05) is 51.9 Å². The number of ether oxygens (including phenoxy) is 1. The van der Waals surface area contributed by atoms with Crippen LogP contribution in [0.25, 0.3) is 0 Å². The number of rotatable bonds is 4. The molecule has 0 saturated carbocycles. The third-order valence-electron chi connectivity index (χ3n) is 4.11. The Morgan fingerprint density at radius 3 is 1.56 bits per heavy atom. The number of nitrogens with zero attached hydrogens (tertiary/aromatic N) is 2. The van der Waals surface area contributed by atoms with Gasteiger partial charge in [0.2, 0.25) is 0 Å². The van der Waals surface area contributed by atoms with Crippen molar-refractivity contribution in [1.29, 1.82) is 0 Å². The third kappa shape index (κ3) is 9.01. The molecule has 0 aliphatic carbocycles. The van der Waals surface area contributed by atoms with E-state index in [1.807, 2.05) is 0 Å². The smallest absolute Gasteiger partial charge is 0.319 e. The summed E-state index contributed by atoms with van der Waals surface area (Å²) in [5.74, 6) is -6.47. The van der Waals surface area contributed by atoms with Crippen LogP contribution in [0.4, 0.5) is 17.6 Å². The number of carbonyl (C=O) groups is 2. The molecule has 146 valence electrons. The molecule has 2 fully saturated rings. The predicted octanol–water partition coefficient (Wildman–Crippen LogP) is 1.69. The van der Waals surface area contributed by atoms with Crippen molar-refractivity contribution in [2.75, 3.05) is 46.4 Å². The second-order valence-corrected chi connectivity index (χ2v) is 6.23. The lowest BCUT2D eigenvalue weighted by atomic mass is 10.1. The average molecular weight is 372 g/mol. The Kier molecular flexibility index (Phi) is 8.07. The summed E-state index contributed by atoms with van der Waals surface area (Å²) in [6.07, 6.45) is -0.769. The maximum Gasteiger partial charge on any atom is 0.319 e. The number of halogens is 4. The van der Waals surface area contributed by atoms with Crippen LogP contribution in [0.1, 0.15) is 25.7 Å². The Labute approximate surface area is 143 Å². The summed E-state index contributed by atoms with van der Waals surface area (Å²) >= 11 is 0. The molecule has 0 atom stereocenters. The molecule has 0 aromatic carbocycles. The van der Waals surface area contributed by atoms with Crippen LogP contribution in [-0.2, 0) is 14.3 Å². The van der Waals surface area contributed by atoms with E-state index in [1.54, 1.807) is 4.90 Å². The second kappa shape index (κ2) is 9.33. The van der Waals surface area contributed by atoms with E-state index in [1.165, 1.54) is 12.0 Å². The molecule has 0 unspecified atom stereocenters. The van der Waals surface area contributed by atoms with Crippen LogP contribution in [0.15, 0.2) is 0 Å². The number of esters is 1. The SMILES string of the molecule is COC(=O)CN1CCC(F)(F)CC1.O=C(O)CN1CCC(F)(F)CC1. The van der Waals surface area contributed by atoms with Gasteiger partial charge in [-0.05, 0) is 0 Å². The first kappa shape index (κ1) is 21.6. The zero-order chi connectivity index (χ0) is 19.1. The first-order chi connectivity index (χ1) is 11.5. The van der Waals surface area contributed by atoms with E-state index in [9.17, 15) is 27.2 Å². The van der Waals surface area contributed by atoms with Crippen molar-refractivity contribution in [2.45, 2.75) is 37.5 Å². The van der Waals surface area contributed by atoms with E-state index in [4.69, 9.17) is 5.11 Å². The van der Waals surface area contributed by atoms with Crippen molar-refractivity contribution in [3.8, 4) is 0 Å². The number of alkyl halides is 4. The molecule has 2 rings (SSSR count). The summed E-state index contributed by atoms with van der Waals surface area (Å²) < 4.78 is 54.8. The van der Waals surface area contributed by atoms with Gasteiger partial charge < -0.3 is 9.84 Å². The van der Waals surface area contributed by atoms with E-state index >= 15 is 0 Å². The Morgan fingerprint density at radius 2 is 1.24 bits per heavy atom. The van der Waals surface area contributed by atoms with E-state index in [0.717, 1.165) is 0 Å². The van der Waals surface area contributed by atoms with Gasteiger partial charge >= 0.3 is 11.9 Å². The van der Waals surface area contributed by atoms with Crippen molar-refractivity contribution in [2.24, 2.45) is 0 Å². The Bertz CT molecular complexity index is 443. The Morgan fingerprint density at radius 1 is 0.880 bits per heavy atom. The molecule has 2 aliphatic rings. The quantitative estimate of drug-likeness (QED) is 0.598. The third-order valence-corrected chi connectivity index (χ3v) is 4.11. The number of carbonyl (C=O) groups excluding carboxylic acids is 1. The lowest BCUT2D eigenvalue weighted by Crippen LogP contribution is -2.41. The van der Waals surface area contributed by atoms with Gasteiger partial charge in [0.25, 0.3) is 11.8 Å². The lowest BCUT2D eigenvalue weighted by Gasteiger charge is -2.30. The number of carboxylic acids is 1. The van der Waals surface area contributed by atoms with Gasteiger partial charge in [0.1, 0.15) is 0 Å². The normalized spacial score (nSPS) is 23.2. The van der Waals surface area contributed by atoms with E-state index in [0.29, 0.717) is 0 Å². The maximum absolute atomic E-state index is 12.7. The topological polar surface area (TPSA) is 70.1 Å². The predicted molar refractivity (Wildman–Crippen MR) is 80.9 cm³/mol.